The molecule has 0 aliphatic heterocycles. The van der Waals surface area contributed by atoms with Gasteiger partial charge in [0, 0.05) is 12.0 Å². The minimum Gasteiger partial charge on any atom is -0.441 e. The van der Waals surface area contributed by atoms with Crippen LogP contribution in [-0.4, -0.2) is 4.98 Å². The van der Waals surface area contributed by atoms with Crippen molar-refractivity contribution < 1.29 is 4.42 Å². The minimum absolute atomic E-state index is 0.639. The second kappa shape index (κ2) is 3.44. The van der Waals surface area contributed by atoms with E-state index in [4.69, 9.17) is 4.42 Å². The molecule has 0 spiro atoms. The number of hydrogen-bond donors (Lipinski definition) is 0. The molecule has 0 saturated carbocycles. The molecule has 0 atom stereocenters. The summed E-state index contributed by atoms with van der Waals surface area (Å²) < 4.78 is 5.45. The molecule has 0 aliphatic rings. The van der Waals surface area contributed by atoms with Crippen molar-refractivity contribution in [2.24, 2.45) is 0 Å². The average Bonchev–Trinajstić information content (AvgIpc) is 2.67. The molecule has 2 heteroatoms. The molecular formula is C11H10NO. The van der Waals surface area contributed by atoms with Gasteiger partial charge < -0.3 is 4.42 Å². The first-order valence-electron chi connectivity index (χ1n) is 4.19. The molecule has 2 nitrogen and oxygen atoms in total. The van der Waals surface area contributed by atoms with E-state index < -0.39 is 0 Å². The van der Waals surface area contributed by atoms with Crippen LogP contribution >= 0.6 is 0 Å². The van der Waals surface area contributed by atoms with E-state index in [0.717, 1.165) is 11.3 Å². The van der Waals surface area contributed by atoms with Gasteiger partial charge in [-0.2, -0.15) is 0 Å². The molecule has 0 aliphatic carbocycles. The Hall–Kier alpha value is -1.57. The van der Waals surface area contributed by atoms with Crippen molar-refractivity contribution in [3.05, 3.63) is 49.2 Å². The Bertz CT molecular complexity index is 378. The normalized spacial score (nSPS) is 10.2. The fourth-order valence-electron chi connectivity index (χ4n) is 1.14. The van der Waals surface area contributed by atoms with Gasteiger partial charge in [0.2, 0.25) is 5.89 Å². The SMILES string of the molecule is [CH2]Cc1cnc(-c2ccccc2)o1. The molecular weight excluding hydrogens is 162 g/mol. The van der Waals surface area contributed by atoms with Gasteiger partial charge in [-0.15, -0.1) is 0 Å². The highest BCUT2D eigenvalue weighted by molar-refractivity contribution is 5.52. The molecule has 13 heavy (non-hydrogen) atoms. The second-order valence-electron chi connectivity index (χ2n) is 2.75. The van der Waals surface area contributed by atoms with Gasteiger partial charge in [-0.25, -0.2) is 4.98 Å². The highest BCUT2D eigenvalue weighted by atomic mass is 16.4. The number of oxazole rings is 1. The van der Waals surface area contributed by atoms with Gasteiger partial charge in [-0.05, 0) is 19.1 Å². The van der Waals surface area contributed by atoms with E-state index >= 15 is 0 Å². The van der Waals surface area contributed by atoms with Crippen molar-refractivity contribution >= 4 is 0 Å². The fraction of sp³-hybridized carbons (Fsp3) is 0.0909. The van der Waals surface area contributed by atoms with E-state index in [2.05, 4.69) is 11.9 Å². The maximum atomic E-state index is 5.45. The van der Waals surface area contributed by atoms with Gasteiger partial charge in [0.15, 0.2) is 0 Å². The van der Waals surface area contributed by atoms with Gasteiger partial charge in [-0.3, -0.25) is 0 Å². The summed E-state index contributed by atoms with van der Waals surface area (Å²) >= 11 is 0. The van der Waals surface area contributed by atoms with Crippen LogP contribution in [0.1, 0.15) is 5.76 Å². The van der Waals surface area contributed by atoms with E-state index in [0.29, 0.717) is 12.3 Å². The van der Waals surface area contributed by atoms with Crippen LogP contribution in [0.3, 0.4) is 0 Å². The Balaban J connectivity index is 2.36. The van der Waals surface area contributed by atoms with Crippen LogP contribution in [0.4, 0.5) is 0 Å². The lowest BCUT2D eigenvalue weighted by Crippen LogP contribution is -1.74. The van der Waals surface area contributed by atoms with Crippen molar-refractivity contribution in [3.8, 4) is 11.5 Å². The smallest absolute Gasteiger partial charge is 0.226 e. The zero-order chi connectivity index (χ0) is 9.10. The Morgan fingerprint density at radius 2 is 2.00 bits per heavy atom. The van der Waals surface area contributed by atoms with E-state index in [1.165, 1.54) is 0 Å². The van der Waals surface area contributed by atoms with Gasteiger partial charge in [0.25, 0.3) is 0 Å². The molecule has 0 unspecified atom stereocenters. The lowest BCUT2D eigenvalue weighted by molar-refractivity contribution is 0.531. The summed E-state index contributed by atoms with van der Waals surface area (Å²) in [5.74, 6) is 1.48. The molecule has 0 amide bonds. The Morgan fingerprint density at radius 1 is 1.23 bits per heavy atom. The third-order valence-corrected chi connectivity index (χ3v) is 1.82. The van der Waals surface area contributed by atoms with Crippen molar-refractivity contribution in [2.45, 2.75) is 6.42 Å². The molecule has 1 radical (unpaired) electrons. The summed E-state index contributed by atoms with van der Waals surface area (Å²) in [5, 5.41) is 0. The molecule has 2 rings (SSSR count). The summed E-state index contributed by atoms with van der Waals surface area (Å²) in [6.45, 7) is 3.73. The number of nitrogens with zero attached hydrogens (tertiary/aromatic N) is 1. The molecule has 1 aromatic carbocycles. The van der Waals surface area contributed by atoms with Crippen LogP contribution in [0.25, 0.3) is 11.5 Å². The van der Waals surface area contributed by atoms with Crippen LogP contribution in [0.5, 0.6) is 0 Å². The van der Waals surface area contributed by atoms with E-state index in [1.807, 2.05) is 30.3 Å². The van der Waals surface area contributed by atoms with Crippen molar-refractivity contribution in [1.82, 2.24) is 4.98 Å². The van der Waals surface area contributed by atoms with E-state index in [1.54, 1.807) is 6.20 Å². The van der Waals surface area contributed by atoms with Gasteiger partial charge in [0.05, 0.1) is 6.20 Å². The predicted molar refractivity (Wildman–Crippen MR) is 51.0 cm³/mol. The Labute approximate surface area is 77.2 Å². The first-order valence-corrected chi connectivity index (χ1v) is 4.19. The third kappa shape index (κ3) is 1.61. The van der Waals surface area contributed by atoms with Crippen LogP contribution < -0.4 is 0 Å². The molecule has 1 aromatic heterocycles. The quantitative estimate of drug-likeness (QED) is 0.696. The third-order valence-electron chi connectivity index (χ3n) is 1.82. The zero-order valence-electron chi connectivity index (χ0n) is 7.23. The molecule has 0 saturated heterocycles. The molecule has 0 N–H and O–H groups in total. The second-order valence-corrected chi connectivity index (χ2v) is 2.75. The number of hydrogen-bond acceptors (Lipinski definition) is 2. The lowest BCUT2D eigenvalue weighted by atomic mass is 10.2. The zero-order valence-corrected chi connectivity index (χ0v) is 7.23. The van der Waals surface area contributed by atoms with Gasteiger partial charge in [-0.1, -0.05) is 18.2 Å². The topological polar surface area (TPSA) is 26.0 Å². The minimum atomic E-state index is 0.639. The summed E-state index contributed by atoms with van der Waals surface area (Å²) in [6, 6.07) is 9.83. The lowest BCUT2D eigenvalue weighted by Gasteiger charge is -1.92. The maximum Gasteiger partial charge on any atom is 0.226 e. The van der Waals surface area contributed by atoms with Crippen molar-refractivity contribution in [1.29, 1.82) is 0 Å². The van der Waals surface area contributed by atoms with Crippen LogP contribution in [-0.2, 0) is 6.42 Å². The monoisotopic (exact) mass is 172 g/mol. The average molecular weight is 172 g/mol. The summed E-state index contributed by atoms with van der Waals surface area (Å²) in [4.78, 5) is 4.15. The molecule has 1 heterocycles. The predicted octanol–water partition coefficient (Wildman–Crippen LogP) is 2.72. The van der Waals surface area contributed by atoms with Crippen molar-refractivity contribution in [2.75, 3.05) is 0 Å². The standard InChI is InChI=1S/C11H10NO/c1-2-10-8-12-11(13-10)9-6-4-3-5-7-9/h3-8H,1-2H2. The highest BCUT2D eigenvalue weighted by Crippen LogP contribution is 2.18. The van der Waals surface area contributed by atoms with Crippen LogP contribution in [0.15, 0.2) is 40.9 Å². The summed E-state index contributed by atoms with van der Waals surface area (Å²) in [5.41, 5.74) is 1.00. The van der Waals surface area contributed by atoms with Crippen LogP contribution in [0.2, 0.25) is 0 Å². The van der Waals surface area contributed by atoms with E-state index in [-0.39, 0.29) is 0 Å². The first-order chi connectivity index (χ1) is 6.40. The number of rotatable bonds is 2. The van der Waals surface area contributed by atoms with Crippen molar-refractivity contribution in [3.63, 3.8) is 0 Å². The molecule has 2 aromatic rings. The molecule has 65 valence electrons. The molecule has 0 bridgehead atoms. The summed E-state index contributed by atoms with van der Waals surface area (Å²) in [6.07, 6.45) is 2.36. The summed E-state index contributed by atoms with van der Waals surface area (Å²) in [7, 11) is 0. The fourth-order valence-corrected chi connectivity index (χ4v) is 1.14. The maximum absolute atomic E-state index is 5.45. The highest BCUT2D eigenvalue weighted by Gasteiger charge is 2.03. The van der Waals surface area contributed by atoms with Gasteiger partial charge >= 0.3 is 0 Å². The molecule has 0 fully saturated rings. The Morgan fingerprint density at radius 3 is 2.62 bits per heavy atom. The van der Waals surface area contributed by atoms with Crippen LogP contribution in [0, 0.1) is 6.92 Å². The first kappa shape index (κ1) is 8.05. The van der Waals surface area contributed by atoms with Gasteiger partial charge in [0.1, 0.15) is 5.76 Å². The number of aromatic nitrogens is 1. The largest absolute Gasteiger partial charge is 0.441 e. The Kier molecular flexibility index (Phi) is 2.13. The number of benzene rings is 1. The van der Waals surface area contributed by atoms with E-state index in [9.17, 15) is 0 Å².